The number of aryl methyl sites for hydroxylation is 1. The number of aromatic nitrogens is 1. The summed E-state index contributed by atoms with van der Waals surface area (Å²) in [4.78, 5) is 6.45. The van der Waals surface area contributed by atoms with E-state index in [4.69, 9.17) is 0 Å². The number of nitrogens with zero attached hydrogens (tertiary/aromatic N) is 1. The van der Waals surface area contributed by atoms with Gasteiger partial charge < -0.3 is 0 Å². The van der Waals surface area contributed by atoms with Crippen molar-refractivity contribution < 1.29 is 8.42 Å². The van der Waals surface area contributed by atoms with Gasteiger partial charge in [-0.15, -0.1) is 11.3 Å². The molecule has 0 saturated carbocycles. The standard InChI is InChI=1S/C13H15BrN2O2S2/c1-9(5-12-4-3-10(2)19-12)16-20(17,18)13-6-11(14)7-15-8-13/h3-4,6-9,16H,5H2,1-2H3. The van der Waals surface area contributed by atoms with Gasteiger partial charge in [-0.1, -0.05) is 0 Å². The van der Waals surface area contributed by atoms with Crippen molar-refractivity contribution in [2.24, 2.45) is 0 Å². The van der Waals surface area contributed by atoms with Crippen LogP contribution in [0, 0.1) is 6.92 Å². The highest BCUT2D eigenvalue weighted by molar-refractivity contribution is 9.10. The zero-order valence-corrected chi connectivity index (χ0v) is 14.3. The lowest BCUT2D eigenvalue weighted by Crippen LogP contribution is -2.34. The molecular weight excluding hydrogens is 360 g/mol. The van der Waals surface area contributed by atoms with Crippen LogP contribution in [-0.4, -0.2) is 19.4 Å². The van der Waals surface area contributed by atoms with Gasteiger partial charge in [0.1, 0.15) is 4.90 Å². The molecule has 0 aliphatic rings. The number of halogens is 1. The van der Waals surface area contributed by atoms with E-state index in [9.17, 15) is 8.42 Å². The van der Waals surface area contributed by atoms with Gasteiger partial charge in [-0.2, -0.15) is 0 Å². The quantitative estimate of drug-likeness (QED) is 0.874. The second-order valence-corrected chi connectivity index (χ2v) is 8.58. The maximum Gasteiger partial charge on any atom is 0.242 e. The minimum Gasteiger partial charge on any atom is -0.262 e. The molecule has 0 aliphatic heterocycles. The van der Waals surface area contributed by atoms with Gasteiger partial charge in [0.15, 0.2) is 0 Å². The Kier molecular flexibility index (Phi) is 4.95. The zero-order valence-electron chi connectivity index (χ0n) is 11.1. The van der Waals surface area contributed by atoms with Gasteiger partial charge >= 0.3 is 0 Å². The van der Waals surface area contributed by atoms with E-state index in [-0.39, 0.29) is 10.9 Å². The van der Waals surface area contributed by atoms with Gasteiger partial charge in [0.05, 0.1) is 0 Å². The molecule has 0 aliphatic carbocycles. The van der Waals surface area contributed by atoms with Gasteiger partial charge in [-0.05, 0) is 54.4 Å². The van der Waals surface area contributed by atoms with Crippen molar-refractivity contribution in [1.82, 2.24) is 9.71 Å². The number of nitrogens with one attached hydrogen (secondary N) is 1. The molecule has 2 aromatic rings. The monoisotopic (exact) mass is 374 g/mol. The zero-order chi connectivity index (χ0) is 14.8. The molecule has 0 spiro atoms. The van der Waals surface area contributed by atoms with Gasteiger partial charge in [0.2, 0.25) is 10.0 Å². The van der Waals surface area contributed by atoms with Crippen LogP contribution in [0.2, 0.25) is 0 Å². The Morgan fingerprint density at radius 3 is 2.75 bits per heavy atom. The third-order valence-corrected chi connectivity index (χ3v) is 5.66. The summed E-state index contributed by atoms with van der Waals surface area (Å²) < 4.78 is 27.8. The van der Waals surface area contributed by atoms with E-state index < -0.39 is 10.0 Å². The highest BCUT2D eigenvalue weighted by atomic mass is 79.9. The average Bonchev–Trinajstić information content (AvgIpc) is 2.73. The van der Waals surface area contributed by atoms with Crippen LogP contribution in [0.4, 0.5) is 0 Å². The van der Waals surface area contributed by atoms with E-state index in [1.54, 1.807) is 17.5 Å². The molecule has 0 saturated heterocycles. The van der Waals surface area contributed by atoms with Crippen LogP contribution in [0.5, 0.6) is 0 Å². The van der Waals surface area contributed by atoms with Gasteiger partial charge in [0, 0.05) is 32.7 Å². The molecule has 1 unspecified atom stereocenters. The van der Waals surface area contributed by atoms with Gasteiger partial charge in [-0.3, -0.25) is 4.98 Å². The molecule has 0 radical (unpaired) electrons. The minimum absolute atomic E-state index is 0.168. The maximum absolute atomic E-state index is 12.2. The first-order valence-corrected chi connectivity index (χ1v) is 9.14. The predicted octanol–water partition coefficient (Wildman–Crippen LogP) is 3.12. The fourth-order valence-corrected chi connectivity index (χ4v) is 4.58. The van der Waals surface area contributed by atoms with Crippen LogP contribution in [0.1, 0.15) is 16.7 Å². The van der Waals surface area contributed by atoms with Crippen molar-refractivity contribution in [2.75, 3.05) is 0 Å². The molecule has 0 amide bonds. The highest BCUT2D eigenvalue weighted by Gasteiger charge is 2.18. The van der Waals surface area contributed by atoms with Crippen LogP contribution < -0.4 is 4.72 Å². The predicted molar refractivity (Wildman–Crippen MR) is 84.5 cm³/mol. The fraction of sp³-hybridized carbons (Fsp3) is 0.308. The number of rotatable bonds is 5. The molecule has 0 fully saturated rings. The smallest absolute Gasteiger partial charge is 0.242 e. The number of thiophene rings is 1. The molecule has 1 atom stereocenters. The van der Waals surface area contributed by atoms with Crippen LogP contribution in [0.25, 0.3) is 0 Å². The first-order chi connectivity index (χ1) is 9.37. The first-order valence-electron chi connectivity index (χ1n) is 6.05. The molecule has 1 N–H and O–H groups in total. The Balaban J connectivity index is 2.08. The summed E-state index contributed by atoms with van der Waals surface area (Å²) in [6.45, 7) is 3.90. The number of sulfonamides is 1. The maximum atomic E-state index is 12.2. The van der Waals surface area contributed by atoms with E-state index in [1.165, 1.54) is 22.0 Å². The molecule has 2 aromatic heterocycles. The number of pyridine rings is 1. The third-order valence-electron chi connectivity index (χ3n) is 2.65. The number of hydrogen-bond acceptors (Lipinski definition) is 4. The SMILES string of the molecule is Cc1ccc(CC(C)NS(=O)(=O)c2cncc(Br)c2)s1. The summed E-state index contributed by atoms with van der Waals surface area (Å²) in [5.41, 5.74) is 0. The Morgan fingerprint density at radius 2 is 2.15 bits per heavy atom. The molecule has 108 valence electrons. The van der Waals surface area contributed by atoms with Crippen molar-refractivity contribution in [2.45, 2.75) is 31.2 Å². The van der Waals surface area contributed by atoms with E-state index in [0.717, 1.165) is 0 Å². The fourth-order valence-electron chi connectivity index (χ4n) is 1.81. The molecule has 2 heterocycles. The summed E-state index contributed by atoms with van der Waals surface area (Å²) in [6.07, 6.45) is 3.57. The first kappa shape index (κ1) is 15.6. The van der Waals surface area contributed by atoms with E-state index >= 15 is 0 Å². The molecule has 20 heavy (non-hydrogen) atoms. The topological polar surface area (TPSA) is 59.1 Å². The Morgan fingerprint density at radius 1 is 1.40 bits per heavy atom. The number of hydrogen-bond donors (Lipinski definition) is 1. The summed E-state index contributed by atoms with van der Waals surface area (Å²) in [5.74, 6) is 0. The summed E-state index contributed by atoms with van der Waals surface area (Å²) >= 11 is 4.91. The van der Waals surface area contributed by atoms with E-state index in [1.807, 2.05) is 26.0 Å². The van der Waals surface area contributed by atoms with Crippen LogP contribution in [0.15, 0.2) is 40.0 Å². The molecule has 7 heteroatoms. The van der Waals surface area contributed by atoms with Gasteiger partial charge in [-0.25, -0.2) is 13.1 Å². The minimum atomic E-state index is -3.53. The van der Waals surface area contributed by atoms with Crippen molar-refractivity contribution in [3.8, 4) is 0 Å². The van der Waals surface area contributed by atoms with Crippen LogP contribution in [0.3, 0.4) is 0 Å². The van der Waals surface area contributed by atoms with Crippen molar-refractivity contribution >= 4 is 37.3 Å². The summed E-state index contributed by atoms with van der Waals surface area (Å²) in [6, 6.07) is 5.44. The Bertz CT molecular complexity index is 698. The lowest BCUT2D eigenvalue weighted by atomic mass is 10.2. The van der Waals surface area contributed by atoms with Crippen LogP contribution >= 0.6 is 27.3 Å². The van der Waals surface area contributed by atoms with E-state index in [2.05, 4.69) is 25.6 Å². The lowest BCUT2D eigenvalue weighted by Gasteiger charge is -2.13. The molecule has 0 bridgehead atoms. The van der Waals surface area contributed by atoms with Crippen molar-refractivity contribution in [3.05, 3.63) is 44.8 Å². The van der Waals surface area contributed by atoms with Gasteiger partial charge in [0.25, 0.3) is 0 Å². The largest absolute Gasteiger partial charge is 0.262 e. The second-order valence-electron chi connectivity index (χ2n) is 4.58. The Hall–Kier alpha value is -0.760. The normalized spacial score (nSPS) is 13.3. The molecule has 0 aromatic carbocycles. The molecular formula is C13H15BrN2O2S2. The molecule has 4 nitrogen and oxygen atoms in total. The highest BCUT2D eigenvalue weighted by Crippen LogP contribution is 2.18. The van der Waals surface area contributed by atoms with E-state index in [0.29, 0.717) is 10.9 Å². The van der Waals surface area contributed by atoms with Crippen molar-refractivity contribution in [3.63, 3.8) is 0 Å². The van der Waals surface area contributed by atoms with Crippen molar-refractivity contribution in [1.29, 1.82) is 0 Å². The second kappa shape index (κ2) is 6.34. The third kappa shape index (κ3) is 4.12. The summed E-state index contributed by atoms with van der Waals surface area (Å²) in [5, 5.41) is 0. The average molecular weight is 375 g/mol. The Labute approximate surface area is 131 Å². The molecule has 2 rings (SSSR count). The lowest BCUT2D eigenvalue weighted by molar-refractivity contribution is 0.560. The van der Waals surface area contributed by atoms with Crippen LogP contribution in [-0.2, 0) is 16.4 Å². The summed E-state index contributed by atoms with van der Waals surface area (Å²) in [7, 11) is -3.53.